The van der Waals surface area contributed by atoms with E-state index in [9.17, 15) is 4.79 Å². The lowest BCUT2D eigenvalue weighted by atomic mass is 10.2. The molecule has 0 saturated carbocycles. The van der Waals surface area contributed by atoms with Crippen molar-refractivity contribution >= 4 is 11.6 Å². The van der Waals surface area contributed by atoms with Crippen LogP contribution in [0.3, 0.4) is 0 Å². The van der Waals surface area contributed by atoms with Crippen LogP contribution in [-0.2, 0) is 4.79 Å². The number of nitrogens with one attached hydrogen (secondary N) is 1. The molecule has 94 valence electrons. The summed E-state index contributed by atoms with van der Waals surface area (Å²) in [6, 6.07) is 7.00. The van der Waals surface area contributed by atoms with Crippen molar-refractivity contribution in [2.75, 3.05) is 5.32 Å². The third-order valence-corrected chi connectivity index (χ3v) is 2.28. The zero-order chi connectivity index (χ0) is 13.0. The quantitative estimate of drug-likeness (QED) is 0.850. The van der Waals surface area contributed by atoms with Gasteiger partial charge in [-0.05, 0) is 31.2 Å². The SMILES string of the molecule is CC(N)CC(=O)Nc1ccc(-c2nnco2)cc1. The first-order chi connectivity index (χ1) is 8.65. The van der Waals surface area contributed by atoms with Crippen molar-refractivity contribution in [3.05, 3.63) is 30.7 Å². The fraction of sp³-hybridized carbons (Fsp3) is 0.250. The van der Waals surface area contributed by atoms with Gasteiger partial charge < -0.3 is 15.5 Å². The second-order valence-electron chi connectivity index (χ2n) is 4.05. The van der Waals surface area contributed by atoms with Gasteiger partial charge in [0.25, 0.3) is 0 Å². The summed E-state index contributed by atoms with van der Waals surface area (Å²) >= 11 is 0. The minimum atomic E-state index is -0.150. The number of anilines is 1. The summed E-state index contributed by atoms with van der Waals surface area (Å²) in [5.74, 6) is 0.346. The zero-order valence-electron chi connectivity index (χ0n) is 9.96. The maximum atomic E-state index is 11.5. The first-order valence-corrected chi connectivity index (χ1v) is 5.57. The fourth-order valence-corrected chi connectivity index (χ4v) is 1.50. The highest BCUT2D eigenvalue weighted by molar-refractivity contribution is 5.91. The van der Waals surface area contributed by atoms with Crippen LogP contribution in [-0.4, -0.2) is 22.1 Å². The monoisotopic (exact) mass is 246 g/mol. The van der Waals surface area contributed by atoms with E-state index < -0.39 is 0 Å². The molecule has 0 aliphatic carbocycles. The van der Waals surface area contributed by atoms with Crippen molar-refractivity contribution < 1.29 is 9.21 Å². The van der Waals surface area contributed by atoms with Crippen LogP contribution >= 0.6 is 0 Å². The fourth-order valence-electron chi connectivity index (χ4n) is 1.50. The van der Waals surface area contributed by atoms with Gasteiger partial charge in [0.05, 0.1) is 0 Å². The van der Waals surface area contributed by atoms with Crippen LogP contribution < -0.4 is 11.1 Å². The molecule has 0 radical (unpaired) electrons. The van der Waals surface area contributed by atoms with Gasteiger partial charge in [-0.15, -0.1) is 10.2 Å². The molecule has 2 aromatic rings. The molecular formula is C12H14N4O2. The highest BCUT2D eigenvalue weighted by Crippen LogP contribution is 2.18. The van der Waals surface area contributed by atoms with E-state index in [-0.39, 0.29) is 11.9 Å². The van der Waals surface area contributed by atoms with Gasteiger partial charge in [0, 0.05) is 23.7 Å². The van der Waals surface area contributed by atoms with Crippen LogP contribution in [0.2, 0.25) is 0 Å². The van der Waals surface area contributed by atoms with E-state index in [1.807, 2.05) is 0 Å². The predicted octanol–water partition coefficient (Wildman–Crippen LogP) is 1.41. The molecule has 1 aromatic carbocycles. The van der Waals surface area contributed by atoms with Crippen molar-refractivity contribution in [3.8, 4) is 11.5 Å². The lowest BCUT2D eigenvalue weighted by Crippen LogP contribution is -2.23. The number of rotatable bonds is 4. The number of hydrogen-bond acceptors (Lipinski definition) is 5. The first kappa shape index (κ1) is 12.3. The first-order valence-electron chi connectivity index (χ1n) is 5.57. The van der Waals surface area contributed by atoms with E-state index in [1.54, 1.807) is 31.2 Å². The average molecular weight is 246 g/mol. The Bertz CT molecular complexity index is 505. The summed E-state index contributed by atoms with van der Waals surface area (Å²) in [4.78, 5) is 11.5. The van der Waals surface area contributed by atoms with E-state index in [2.05, 4.69) is 15.5 Å². The number of hydrogen-bond donors (Lipinski definition) is 2. The lowest BCUT2D eigenvalue weighted by Gasteiger charge is -2.07. The number of nitrogens with zero attached hydrogens (tertiary/aromatic N) is 2. The van der Waals surface area contributed by atoms with E-state index in [1.165, 1.54) is 6.39 Å². The van der Waals surface area contributed by atoms with Crippen molar-refractivity contribution in [3.63, 3.8) is 0 Å². The van der Waals surface area contributed by atoms with E-state index in [0.717, 1.165) is 5.56 Å². The Morgan fingerprint density at radius 3 is 2.72 bits per heavy atom. The zero-order valence-corrected chi connectivity index (χ0v) is 9.96. The average Bonchev–Trinajstić information content (AvgIpc) is 2.82. The standard InChI is InChI=1S/C12H14N4O2/c1-8(13)6-11(17)15-10-4-2-9(3-5-10)12-16-14-7-18-12/h2-5,7-8H,6,13H2,1H3,(H,15,17). The van der Waals surface area contributed by atoms with Crippen LogP contribution in [0.15, 0.2) is 35.1 Å². The molecule has 1 unspecified atom stereocenters. The Morgan fingerprint density at radius 1 is 1.44 bits per heavy atom. The van der Waals surface area contributed by atoms with Crippen LogP contribution in [0.25, 0.3) is 11.5 Å². The molecule has 0 spiro atoms. The maximum Gasteiger partial charge on any atom is 0.247 e. The topological polar surface area (TPSA) is 94.0 Å². The lowest BCUT2D eigenvalue weighted by molar-refractivity contribution is -0.116. The number of amides is 1. The summed E-state index contributed by atoms with van der Waals surface area (Å²) in [5, 5.41) is 10.2. The second-order valence-corrected chi connectivity index (χ2v) is 4.05. The summed E-state index contributed by atoms with van der Waals surface area (Å²) in [6.45, 7) is 1.79. The molecule has 6 nitrogen and oxygen atoms in total. The number of nitrogens with two attached hydrogens (primary N) is 1. The molecule has 0 aliphatic heterocycles. The summed E-state index contributed by atoms with van der Waals surface area (Å²) in [7, 11) is 0. The number of aromatic nitrogens is 2. The summed E-state index contributed by atoms with van der Waals surface area (Å²) < 4.78 is 5.07. The smallest absolute Gasteiger partial charge is 0.247 e. The van der Waals surface area contributed by atoms with Crippen molar-refractivity contribution in [1.82, 2.24) is 10.2 Å². The van der Waals surface area contributed by atoms with Crippen LogP contribution in [0.4, 0.5) is 5.69 Å². The van der Waals surface area contributed by atoms with Crippen molar-refractivity contribution in [1.29, 1.82) is 0 Å². The van der Waals surface area contributed by atoms with Gasteiger partial charge in [0.15, 0.2) is 0 Å². The van der Waals surface area contributed by atoms with Gasteiger partial charge in [0.1, 0.15) is 0 Å². The van der Waals surface area contributed by atoms with E-state index >= 15 is 0 Å². The van der Waals surface area contributed by atoms with E-state index in [0.29, 0.717) is 18.0 Å². The highest BCUT2D eigenvalue weighted by Gasteiger charge is 2.06. The van der Waals surface area contributed by atoms with Crippen LogP contribution in [0.5, 0.6) is 0 Å². The molecule has 1 heterocycles. The molecule has 0 fully saturated rings. The minimum absolute atomic E-state index is 0.101. The third kappa shape index (κ3) is 3.14. The molecule has 1 aromatic heterocycles. The number of carbonyl (C=O) groups excluding carboxylic acids is 1. The molecule has 3 N–H and O–H groups in total. The van der Waals surface area contributed by atoms with Gasteiger partial charge in [-0.2, -0.15) is 0 Å². The molecule has 18 heavy (non-hydrogen) atoms. The molecule has 0 saturated heterocycles. The Kier molecular flexibility index (Phi) is 3.69. The molecule has 2 rings (SSSR count). The van der Waals surface area contributed by atoms with E-state index in [4.69, 9.17) is 10.2 Å². The normalized spacial score (nSPS) is 12.1. The van der Waals surface area contributed by atoms with Crippen LogP contribution in [0.1, 0.15) is 13.3 Å². The summed E-state index contributed by atoms with van der Waals surface area (Å²) in [5.41, 5.74) is 7.06. The molecule has 1 amide bonds. The van der Waals surface area contributed by atoms with Crippen molar-refractivity contribution in [2.45, 2.75) is 19.4 Å². The summed E-state index contributed by atoms with van der Waals surface area (Å²) in [6.07, 6.45) is 1.57. The van der Waals surface area contributed by atoms with Gasteiger partial charge in [-0.25, -0.2) is 0 Å². The third-order valence-electron chi connectivity index (χ3n) is 2.28. The number of benzene rings is 1. The molecular weight excluding hydrogens is 232 g/mol. The minimum Gasteiger partial charge on any atom is -0.423 e. The molecule has 1 atom stereocenters. The number of carbonyl (C=O) groups is 1. The predicted molar refractivity (Wildman–Crippen MR) is 66.6 cm³/mol. The second kappa shape index (κ2) is 5.42. The van der Waals surface area contributed by atoms with Crippen LogP contribution in [0, 0.1) is 0 Å². The Labute approximate surface area is 104 Å². The van der Waals surface area contributed by atoms with Crippen molar-refractivity contribution in [2.24, 2.45) is 5.73 Å². The Balaban J connectivity index is 2.02. The molecule has 6 heteroatoms. The largest absolute Gasteiger partial charge is 0.423 e. The van der Waals surface area contributed by atoms with Gasteiger partial charge >= 0.3 is 0 Å². The molecule has 0 aliphatic rings. The Morgan fingerprint density at radius 2 is 2.17 bits per heavy atom. The maximum absolute atomic E-state index is 11.5. The highest BCUT2D eigenvalue weighted by atomic mass is 16.4. The van der Waals surface area contributed by atoms with Gasteiger partial charge in [0.2, 0.25) is 18.2 Å². The Hall–Kier alpha value is -2.21. The van der Waals surface area contributed by atoms with Gasteiger partial charge in [-0.1, -0.05) is 0 Å². The van der Waals surface area contributed by atoms with Gasteiger partial charge in [-0.3, -0.25) is 4.79 Å². The molecule has 0 bridgehead atoms.